The standard InChI is InChI=1S/C32H20O5/c33-30(25-7-3-4-8-27(25)32(36)37)26-14-13-19-10-9-18-11-12-21(22-15-16-24(26)29(19)28(18)22)17-20-5-1-2-6-23(20)31(34)35/h1-16H,17H2,(H,34,35)(H,36,37). The van der Waals surface area contributed by atoms with E-state index in [0.29, 0.717) is 12.0 Å². The lowest BCUT2D eigenvalue weighted by molar-refractivity contribution is 0.0684. The molecule has 0 saturated heterocycles. The molecule has 6 aromatic rings. The molecule has 0 aliphatic rings. The summed E-state index contributed by atoms with van der Waals surface area (Å²) in [6.07, 6.45) is 0.453. The first kappa shape index (κ1) is 22.4. The highest BCUT2D eigenvalue weighted by molar-refractivity contribution is 6.29. The van der Waals surface area contributed by atoms with E-state index in [-0.39, 0.29) is 22.5 Å². The zero-order valence-electron chi connectivity index (χ0n) is 19.6. The highest BCUT2D eigenvalue weighted by atomic mass is 16.4. The van der Waals surface area contributed by atoms with Crippen molar-refractivity contribution in [1.82, 2.24) is 0 Å². The largest absolute Gasteiger partial charge is 0.478 e. The molecule has 0 bridgehead atoms. The van der Waals surface area contributed by atoms with Crippen molar-refractivity contribution in [2.45, 2.75) is 6.42 Å². The van der Waals surface area contributed by atoms with Crippen LogP contribution in [0.15, 0.2) is 97.1 Å². The molecule has 0 spiro atoms. The third-order valence-corrected chi connectivity index (χ3v) is 7.03. The molecule has 2 N–H and O–H groups in total. The molecular formula is C32H20O5. The van der Waals surface area contributed by atoms with Crippen LogP contribution in [0.1, 0.15) is 47.8 Å². The number of carboxylic acids is 2. The number of hydrogen-bond donors (Lipinski definition) is 2. The van der Waals surface area contributed by atoms with Crippen LogP contribution in [-0.4, -0.2) is 27.9 Å². The second kappa shape index (κ2) is 8.57. The van der Waals surface area contributed by atoms with Crippen LogP contribution >= 0.6 is 0 Å². The van der Waals surface area contributed by atoms with Gasteiger partial charge in [0, 0.05) is 11.1 Å². The first-order chi connectivity index (χ1) is 17.9. The molecule has 0 unspecified atom stereocenters. The fraction of sp³-hybridized carbons (Fsp3) is 0.0312. The Labute approximate surface area is 211 Å². The molecule has 0 heterocycles. The Morgan fingerprint density at radius 1 is 0.486 bits per heavy atom. The molecule has 178 valence electrons. The van der Waals surface area contributed by atoms with Gasteiger partial charge in [0.25, 0.3) is 0 Å². The lowest BCUT2D eigenvalue weighted by Crippen LogP contribution is -2.10. The number of hydrogen-bond acceptors (Lipinski definition) is 3. The van der Waals surface area contributed by atoms with Crippen LogP contribution in [0, 0.1) is 0 Å². The number of benzene rings is 6. The van der Waals surface area contributed by atoms with Gasteiger partial charge in [-0.15, -0.1) is 0 Å². The lowest BCUT2D eigenvalue weighted by Gasteiger charge is -2.16. The normalized spacial score (nSPS) is 11.4. The van der Waals surface area contributed by atoms with Gasteiger partial charge in [-0.05, 0) is 68.1 Å². The SMILES string of the molecule is O=C(O)c1ccccc1Cc1ccc2ccc3ccc(C(=O)c4ccccc4C(=O)O)c4ccc1c2c34. The lowest BCUT2D eigenvalue weighted by atomic mass is 9.86. The molecule has 6 rings (SSSR count). The van der Waals surface area contributed by atoms with Crippen LogP contribution in [-0.2, 0) is 6.42 Å². The number of aromatic carboxylic acids is 2. The Morgan fingerprint density at radius 2 is 1.03 bits per heavy atom. The summed E-state index contributed by atoms with van der Waals surface area (Å²) in [6, 6.07) is 28.9. The van der Waals surface area contributed by atoms with Crippen molar-refractivity contribution in [2.75, 3.05) is 0 Å². The number of carbonyl (C=O) groups excluding carboxylic acids is 1. The van der Waals surface area contributed by atoms with Crippen molar-refractivity contribution >= 4 is 50.0 Å². The Kier molecular flexibility index (Phi) is 5.20. The predicted molar refractivity (Wildman–Crippen MR) is 143 cm³/mol. The summed E-state index contributed by atoms with van der Waals surface area (Å²) in [4.78, 5) is 37.1. The fourth-order valence-corrected chi connectivity index (χ4v) is 5.31. The molecular weight excluding hydrogens is 464 g/mol. The van der Waals surface area contributed by atoms with Gasteiger partial charge >= 0.3 is 11.9 Å². The average Bonchev–Trinajstić information content (AvgIpc) is 2.92. The highest BCUT2D eigenvalue weighted by Gasteiger charge is 2.21. The van der Waals surface area contributed by atoms with Crippen LogP contribution in [0.4, 0.5) is 0 Å². The fourth-order valence-electron chi connectivity index (χ4n) is 5.31. The maximum absolute atomic E-state index is 13.6. The molecule has 0 aromatic heterocycles. The van der Waals surface area contributed by atoms with Crippen molar-refractivity contribution in [2.24, 2.45) is 0 Å². The molecule has 6 aromatic carbocycles. The molecule has 0 saturated carbocycles. The van der Waals surface area contributed by atoms with Gasteiger partial charge in [-0.25, -0.2) is 9.59 Å². The topological polar surface area (TPSA) is 91.7 Å². The molecule has 0 amide bonds. The van der Waals surface area contributed by atoms with E-state index in [1.165, 1.54) is 6.07 Å². The average molecular weight is 485 g/mol. The summed E-state index contributed by atoms with van der Waals surface area (Å²) in [5.74, 6) is -2.45. The Balaban J connectivity index is 1.57. The van der Waals surface area contributed by atoms with E-state index in [2.05, 4.69) is 0 Å². The van der Waals surface area contributed by atoms with Crippen LogP contribution in [0.2, 0.25) is 0 Å². The predicted octanol–water partition coefficient (Wildman–Crippen LogP) is 6.80. The molecule has 5 heteroatoms. The summed E-state index contributed by atoms with van der Waals surface area (Å²) < 4.78 is 0. The molecule has 37 heavy (non-hydrogen) atoms. The molecule has 0 atom stereocenters. The van der Waals surface area contributed by atoms with E-state index < -0.39 is 11.9 Å². The maximum Gasteiger partial charge on any atom is 0.336 e. The van der Waals surface area contributed by atoms with Gasteiger partial charge in [0.1, 0.15) is 0 Å². The van der Waals surface area contributed by atoms with E-state index in [1.807, 2.05) is 54.6 Å². The minimum Gasteiger partial charge on any atom is -0.478 e. The summed E-state index contributed by atoms with van der Waals surface area (Å²) in [7, 11) is 0. The van der Waals surface area contributed by atoms with Crippen molar-refractivity contribution in [3.05, 3.63) is 130 Å². The van der Waals surface area contributed by atoms with Gasteiger partial charge in [-0.1, -0.05) is 78.9 Å². The van der Waals surface area contributed by atoms with Crippen LogP contribution in [0.3, 0.4) is 0 Å². The van der Waals surface area contributed by atoms with Crippen LogP contribution in [0.25, 0.3) is 32.3 Å². The van der Waals surface area contributed by atoms with Crippen molar-refractivity contribution in [1.29, 1.82) is 0 Å². The van der Waals surface area contributed by atoms with Crippen molar-refractivity contribution in [3.63, 3.8) is 0 Å². The summed E-state index contributed by atoms with van der Waals surface area (Å²) >= 11 is 0. The molecule has 0 fully saturated rings. The smallest absolute Gasteiger partial charge is 0.336 e. The number of carbonyl (C=O) groups is 3. The van der Waals surface area contributed by atoms with E-state index in [9.17, 15) is 24.6 Å². The van der Waals surface area contributed by atoms with Gasteiger partial charge in [0.2, 0.25) is 0 Å². The number of carboxylic acid groups (broad SMARTS) is 2. The number of rotatable bonds is 6. The van der Waals surface area contributed by atoms with Crippen molar-refractivity contribution in [3.8, 4) is 0 Å². The second-order valence-corrected chi connectivity index (χ2v) is 9.08. The molecule has 0 aliphatic carbocycles. The second-order valence-electron chi connectivity index (χ2n) is 9.08. The zero-order valence-corrected chi connectivity index (χ0v) is 19.6. The molecule has 0 aliphatic heterocycles. The first-order valence-electron chi connectivity index (χ1n) is 11.8. The van der Waals surface area contributed by atoms with E-state index in [0.717, 1.165) is 43.4 Å². The quantitative estimate of drug-likeness (QED) is 0.200. The van der Waals surface area contributed by atoms with Crippen LogP contribution in [0.5, 0.6) is 0 Å². The third-order valence-electron chi connectivity index (χ3n) is 7.03. The third kappa shape index (κ3) is 3.60. The summed E-state index contributed by atoms with van der Waals surface area (Å²) in [5, 5.41) is 24.9. The van der Waals surface area contributed by atoms with Gasteiger partial charge in [0.05, 0.1) is 11.1 Å². The maximum atomic E-state index is 13.6. The first-order valence-corrected chi connectivity index (χ1v) is 11.8. The minimum absolute atomic E-state index is 0.0300. The van der Waals surface area contributed by atoms with Crippen molar-refractivity contribution < 1.29 is 24.6 Å². The van der Waals surface area contributed by atoms with E-state index >= 15 is 0 Å². The monoisotopic (exact) mass is 484 g/mol. The van der Waals surface area contributed by atoms with Gasteiger partial charge in [0.15, 0.2) is 5.78 Å². The highest BCUT2D eigenvalue weighted by Crippen LogP contribution is 2.38. The Morgan fingerprint density at radius 3 is 1.73 bits per heavy atom. The zero-order chi connectivity index (χ0) is 25.7. The summed E-state index contributed by atoms with van der Waals surface area (Å²) in [5.41, 5.74) is 2.55. The molecule has 0 radical (unpaired) electrons. The summed E-state index contributed by atoms with van der Waals surface area (Å²) in [6.45, 7) is 0. The van der Waals surface area contributed by atoms with Crippen LogP contribution < -0.4 is 0 Å². The Bertz CT molecular complexity index is 1880. The number of ketones is 1. The van der Waals surface area contributed by atoms with Gasteiger partial charge in [-0.3, -0.25) is 4.79 Å². The van der Waals surface area contributed by atoms with E-state index in [1.54, 1.807) is 36.4 Å². The van der Waals surface area contributed by atoms with Gasteiger partial charge < -0.3 is 10.2 Å². The molecule has 5 nitrogen and oxygen atoms in total. The Hall–Kier alpha value is -5.03. The van der Waals surface area contributed by atoms with Gasteiger partial charge in [-0.2, -0.15) is 0 Å². The minimum atomic E-state index is -1.15. The van der Waals surface area contributed by atoms with E-state index in [4.69, 9.17) is 0 Å².